The summed E-state index contributed by atoms with van der Waals surface area (Å²) in [7, 11) is 0. The fraction of sp³-hybridized carbons (Fsp3) is 0.333. The number of benzene rings is 2. The van der Waals surface area contributed by atoms with Gasteiger partial charge in [-0.15, -0.1) is 11.8 Å². The molecule has 0 radical (unpaired) electrons. The smallest absolute Gasteiger partial charge is 0.254 e. The number of pyridine rings is 1. The highest BCUT2D eigenvalue weighted by Gasteiger charge is 2.20. The van der Waals surface area contributed by atoms with E-state index < -0.39 is 0 Å². The molecule has 2 aromatic carbocycles. The maximum absolute atomic E-state index is 13.1. The van der Waals surface area contributed by atoms with Gasteiger partial charge in [-0.1, -0.05) is 25.1 Å². The first kappa shape index (κ1) is 21.6. The molecule has 0 bridgehead atoms. The maximum Gasteiger partial charge on any atom is 0.254 e. The average Bonchev–Trinajstić information content (AvgIpc) is 2.79. The summed E-state index contributed by atoms with van der Waals surface area (Å²) >= 11 is 1.57. The normalized spacial score (nSPS) is 14.1. The van der Waals surface area contributed by atoms with Crippen LogP contribution in [0.5, 0.6) is 0 Å². The molecule has 0 atom stereocenters. The molecule has 5 nitrogen and oxygen atoms in total. The van der Waals surface area contributed by atoms with Crippen molar-refractivity contribution in [1.29, 1.82) is 0 Å². The van der Waals surface area contributed by atoms with Crippen LogP contribution >= 0.6 is 11.8 Å². The van der Waals surface area contributed by atoms with Gasteiger partial charge in [0.15, 0.2) is 0 Å². The van der Waals surface area contributed by atoms with Crippen molar-refractivity contribution in [1.82, 2.24) is 10.3 Å². The number of hydrogen-bond acceptors (Lipinski definition) is 5. The number of amides is 1. The Morgan fingerprint density at radius 2 is 1.94 bits per heavy atom. The lowest BCUT2D eigenvalue weighted by molar-refractivity contribution is 0.0947. The monoisotopic (exact) mass is 439 g/mol. The third kappa shape index (κ3) is 4.83. The van der Waals surface area contributed by atoms with Crippen LogP contribution in [0.25, 0.3) is 10.9 Å². The Morgan fingerprint density at radius 3 is 2.65 bits per heavy atom. The number of hydrogen-bond donors (Lipinski definition) is 1. The van der Waals surface area contributed by atoms with E-state index in [1.54, 1.807) is 23.9 Å². The first-order valence-corrected chi connectivity index (χ1v) is 11.5. The molecular weight excluding hydrogens is 413 g/mol. The number of carbonyl (C=O) groups is 1. The second-order valence-electron chi connectivity index (χ2n) is 7.46. The zero-order chi connectivity index (χ0) is 21.8. The van der Waals surface area contributed by atoms with Crippen LogP contribution in [0.2, 0.25) is 0 Å². The van der Waals surface area contributed by atoms with Crippen molar-refractivity contribution in [2.45, 2.75) is 25.4 Å². The molecule has 0 spiro atoms. The van der Waals surface area contributed by atoms with Crippen LogP contribution in [0.1, 0.15) is 28.4 Å². The van der Waals surface area contributed by atoms with Gasteiger partial charge in [-0.05, 0) is 48.1 Å². The zero-order valence-electron chi connectivity index (χ0n) is 17.8. The summed E-state index contributed by atoms with van der Waals surface area (Å²) in [5, 5.41) is 4.68. The number of fused-ring (bicyclic) bond motifs is 1. The van der Waals surface area contributed by atoms with Crippen LogP contribution < -0.4 is 10.2 Å². The number of rotatable bonds is 6. The first-order valence-electron chi connectivity index (χ1n) is 10.5. The van der Waals surface area contributed by atoms with Crippen molar-refractivity contribution < 1.29 is 13.9 Å². The molecular formula is C24H26FN3O2S. The molecule has 0 unspecified atom stereocenters. The molecule has 1 aliphatic heterocycles. The highest BCUT2D eigenvalue weighted by atomic mass is 32.2. The highest BCUT2D eigenvalue weighted by molar-refractivity contribution is 7.99. The van der Waals surface area contributed by atoms with Crippen molar-refractivity contribution >= 4 is 34.3 Å². The minimum atomic E-state index is -0.289. The van der Waals surface area contributed by atoms with Crippen molar-refractivity contribution in [2.75, 3.05) is 37.0 Å². The minimum Gasteiger partial charge on any atom is -0.378 e. The fourth-order valence-electron chi connectivity index (χ4n) is 3.79. The number of aromatic nitrogens is 1. The lowest BCUT2D eigenvalue weighted by Gasteiger charge is -2.29. The largest absolute Gasteiger partial charge is 0.378 e. The third-order valence-corrected chi connectivity index (χ3v) is 6.30. The summed E-state index contributed by atoms with van der Waals surface area (Å²) in [5.41, 5.74) is 4.41. The van der Waals surface area contributed by atoms with Crippen molar-refractivity contribution in [3.05, 3.63) is 65.0 Å². The summed E-state index contributed by atoms with van der Waals surface area (Å²) < 4.78 is 18.6. The number of aryl methyl sites for hydroxylation is 1. The summed E-state index contributed by atoms with van der Waals surface area (Å²) in [5.74, 6) is 0.367. The van der Waals surface area contributed by atoms with Crippen LogP contribution in [0.3, 0.4) is 0 Å². The molecule has 1 amide bonds. The van der Waals surface area contributed by atoms with E-state index in [2.05, 4.69) is 35.3 Å². The molecule has 162 valence electrons. The summed E-state index contributed by atoms with van der Waals surface area (Å²) in [6.07, 6.45) is 0. The van der Waals surface area contributed by atoms with Crippen LogP contribution in [0.15, 0.2) is 47.5 Å². The Morgan fingerprint density at radius 1 is 1.19 bits per heavy atom. The molecule has 0 aliphatic carbocycles. The van der Waals surface area contributed by atoms with E-state index in [0.29, 0.717) is 12.1 Å². The summed E-state index contributed by atoms with van der Waals surface area (Å²) in [6.45, 7) is 7.56. The van der Waals surface area contributed by atoms with E-state index in [4.69, 9.17) is 9.72 Å². The topological polar surface area (TPSA) is 54.5 Å². The standard InChI is InChI=1S/C24H26FN3O2S/c1-3-31-24-22(23(29)26-15-17-4-6-18(25)7-5-17)16(2)20-9-8-19(14-21(20)27-24)28-10-12-30-13-11-28/h4-9,14H,3,10-13,15H2,1-2H3,(H,26,29). The van der Waals surface area contributed by atoms with Gasteiger partial charge in [0.25, 0.3) is 5.91 Å². The van der Waals surface area contributed by atoms with Crippen LogP contribution in [-0.2, 0) is 11.3 Å². The van der Waals surface area contributed by atoms with E-state index in [1.165, 1.54) is 12.1 Å². The number of nitrogens with zero attached hydrogens (tertiary/aromatic N) is 2. The second kappa shape index (κ2) is 9.66. The SMILES string of the molecule is CCSc1nc2cc(N3CCOCC3)ccc2c(C)c1C(=O)NCc1ccc(F)cc1. The summed E-state index contributed by atoms with van der Waals surface area (Å²) in [4.78, 5) is 20.3. The van der Waals surface area contributed by atoms with Gasteiger partial charge < -0.3 is 15.0 Å². The van der Waals surface area contributed by atoms with Gasteiger partial charge in [0, 0.05) is 30.7 Å². The van der Waals surface area contributed by atoms with Crippen LogP contribution in [0, 0.1) is 12.7 Å². The van der Waals surface area contributed by atoms with Gasteiger partial charge in [0.2, 0.25) is 0 Å². The van der Waals surface area contributed by atoms with Gasteiger partial charge in [0.1, 0.15) is 10.8 Å². The maximum atomic E-state index is 13.1. The van der Waals surface area contributed by atoms with Crippen molar-refractivity contribution in [3.8, 4) is 0 Å². The molecule has 1 aliphatic rings. The number of morpholine rings is 1. The van der Waals surface area contributed by atoms with Gasteiger partial charge >= 0.3 is 0 Å². The van der Waals surface area contributed by atoms with Crippen LogP contribution in [0.4, 0.5) is 10.1 Å². The molecule has 1 fully saturated rings. The fourth-order valence-corrected chi connectivity index (χ4v) is 4.62. The predicted octanol–water partition coefficient (Wildman–Crippen LogP) is 4.56. The number of anilines is 1. The molecule has 2 heterocycles. The molecule has 4 rings (SSSR count). The van der Waals surface area contributed by atoms with Crippen molar-refractivity contribution in [3.63, 3.8) is 0 Å². The van der Waals surface area contributed by atoms with Crippen LogP contribution in [-0.4, -0.2) is 42.9 Å². The second-order valence-corrected chi connectivity index (χ2v) is 8.71. The van der Waals surface area contributed by atoms with E-state index in [0.717, 1.165) is 64.8 Å². The quantitative estimate of drug-likeness (QED) is 0.571. The Hall–Kier alpha value is -2.64. The molecule has 3 aromatic rings. The predicted molar refractivity (Wildman–Crippen MR) is 123 cm³/mol. The third-order valence-electron chi connectivity index (χ3n) is 5.45. The van der Waals surface area contributed by atoms with Crippen molar-refractivity contribution in [2.24, 2.45) is 0 Å². The van der Waals surface area contributed by atoms with E-state index in [1.807, 2.05) is 6.92 Å². The number of ether oxygens (including phenoxy) is 1. The van der Waals surface area contributed by atoms with Gasteiger partial charge in [-0.3, -0.25) is 4.79 Å². The zero-order valence-corrected chi connectivity index (χ0v) is 18.6. The molecule has 7 heteroatoms. The van der Waals surface area contributed by atoms with E-state index in [9.17, 15) is 9.18 Å². The molecule has 31 heavy (non-hydrogen) atoms. The number of carbonyl (C=O) groups excluding carboxylic acids is 1. The van der Waals surface area contributed by atoms with Gasteiger partial charge in [0.05, 0.1) is 24.3 Å². The molecule has 1 N–H and O–H groups in total. The Labute approximate surface area is 186 Å². The Kier molecular flexibility index (Phi) is 6.73. The van der Waals surface area contributed by atoms with Gasteiger partial charge in [-0.25, -0.2) is 9.37 Å². The number of halogens is 1. The highest BCUT2D eigenvalue weighted by Crippen LogP contribution is 2.31. The average molecular weight is 440 g/mol. The van der Waals surface area contributed by atoms with Gasteiger partial charge in [-0.2, -0.15) is 0 Å². The van der Waals surface area contributed by atoms with E-state index >= 15 is 0 Å². The first-order chi connectivity index (χ1) is 15.1. The number of nitrogens with one attached hydrogen (secondary N) is 1. The number of thioether (sulfide) groups is 1. The Balaban J connectivity index is 1.64. The molecule has 1 aromatic heterocycles. The molecule has 1 saturated heterocycles. The summed E-state index contributed by atoms with van der Waals surface area (Å²) in [6, 6.07) is 12.4. The molecule has 0 saturated carbocycles. The van der Waals surface area contributed by atoms with E-state index in [-0.39, 0.29) is 11.7 Å². The minimum absolute atomic E-state index is 0.163. The lowest BCUT2D eigenvalue weighted by Crippen LogP contribution is -2.36. The lowest BCUT2D eigenvalue weighted by atomic mass is 10.0. The Bertz CT molecular complexity index is 1080.